The maximum Gasteiger partial charge on any atom is 0.269 e. The first-order valence-corrected chi connectivity index (χ1v) is 4.85. The van der Waals surface area contributed by atoms with Crippen LogP contribution in [-0.2, 0) is 0 Å². The molecule has 5 heteroatoms. The van der Waals surface area contributed by atoms with Gasteiger partial charge in [0.2, 0.25) is 0 Å². The van der Waals surface area contributed by atoms with Gasteiger partial charge in [0.05, 0.1) is 10.6 Å². The van der Waals surface area contributed by atoms with Gasteiger partial charge in [-0.2, -0.15) is 0 Å². The standard InChI is InChI=1S/C11H11N3O2/c1-8-7-13(9(2)12-8)10-3-5-11(6-4-10)14(15)16/h3-7H,1-2H3. The molecule has 5 nitrogen and oxygen atoms in total. The van der Waals surface area contributed by atoms with Crippen LogP contribution in [0.1, 0.15) is 11.5 Å². The molecule has 1 aromatic heterocycles. The number of hydrogen-bond acceptors (Lipinski definition) is 3. The molecule has 0 bridgehead atoms. The third-order valence-electron chi connectivity index (χ3n) is 2.34. The number of nitro benzene ring substituents is 1. The summed E-state index contributed by atoms with van der Waals surface area (Å²) < 4.78 is 1.90. The van der Waals surface area contributed by atoms with Gasteiger partial charge in [0, 0.05) is 24.0 Å². The van der Waals surface area contributed by atoms with E-state index in [1.807, 2.05) is 24.6 Å². The van der Waals surface area contributed by atoms with Gasteiger partial charge in [0.1, 0.15) is 5.82 Å². The molecule has 1 heterocycles. The van der Waals surface area contributed by atoms with Crippen LogP contribution in [0.4, 0.5) is 5.69 Å². The molecule has 0 N–H and O–H groups in total. The van der Waals surface area contributed by atoms with Crippen molar-refractivity contribution in [2.45, 2.75) is 13.8 Å². The first kappa shape index (κ1) is 10.4. The zero-order valence-electron chi connectivity index (χ0n) is 9.04. The minimum Gasteiger partial charge on any atom is -0.304 e. The monoisotopic (exact) mass is 217 g/mol. The largest absolute Gasteiger partial charge is 0.304 e. The third-order valence-corrected chi connectivity index (χ3v) is 2.34. The number of aromatic nitrogens is 2. The van der Waals surface area contributed by atoms with Crippen molar-refractivity contribution in [2.75, 3.05) is 0 Å². The molecule has 0 aliphatic heterocycles. The summed E-state index contributed by atoms with van der Waals surface area (Å²) in [4.78, 5) is 14.4. The summed E-state index contributed by atoms with van der Waals surface area (Å²) in [5, 5.41) is 10.5. The molecule has 2 aromatic rings. The highest BCUT2D eigenvalue weighted by atomic mass is 16.6. The van der Waals surface area contributed by atoms with Crippen LogP contribution in [-0.4, -0.2) is 14.5 Å². The van der Waals surface area contributed by atoms with Crippen LogP contribution < -0.4 is 0 Å². The SMILES string of the molecule is Cc1cn(-c2ccc([N+](=O)[O-])cc2)c(C)n1. The number of nitro groups is 1. The number of benzene rings is 1. The molecule has 0 atom stereocenters. The molecule has 82 valence electrons. The Morgan fingerprint density at radius 3 is 2.31 bits per heavy atom. The van der Waals surface area contributed by atoms with Crippen LogP contribution in [0.5, 0.6) is 0 Å². The summed E-state index contributed by atoms with van der Waals surface area (Å²) in [6, 6.07) is 6.41. The van der Waals surface area contributed by atoms with Crippen molar-refractivity contribution in [2.24, 2.45) is 0 Å². The lowest BCUT2D eigenvalue weighted by molar-refractivity contribution is -0.384. The lowest BCUT2D eigenvalue weighted by Gasteiger charge is -2.03. The van der Waals surface area contributed by atoms with E-state index in [4.69, 9.17) is 0 Å². The van der Waals surface area contributed by atoms with Gasteiger partial charge in [-0.3, -0.25) is 10.1 Å². The van der Waals surface area contributed by atoms with Crippen LogP contribution in [0.15, 0.2) is 30.5 Å². The van der Waals surface area contributed by atoms with Gasteiger partial charge in [-0.05, 0) is 26.0 Å². The lowest BCUT2D eigenvalue weighted by Crippen LogP contribution is -1.95. The molecule has 0 saturated heterocycles. The van der Waals surface area contributed by atoms with E-state index in [1.165, 1.54) is 12.1 Å². The number of imidazole rings is 1. The smallest absolute Gasteiger partial charge is 0.269 e. The summed E-state index contributed by atoms with van der Waals surface area (Å²) in [6.45, 7) is 3.81. The van der Waals surface area contributed by atoms with Gasteiger partial charge < -0.3 is 4.57 Å². The number of rotatable bonds is 2. The molecular formula is C11H11N3O2. The van der Waals surface area contributed by atoms with Crippen LogP contribution in [0.25, 0.3) is 5.69 Å². The molecule has 0 aliphatic rings. The van der Waals surface area contributed by atoms with Gasteiger partial charge >= 0.3 is 0 Å². The van der Waals surface area contributed by atoms with Gasteiger partial charge in [-0.15, -0.1) is 0 Å². The summed E-state index contributed by atoms with van der Waals surface area (Å²) in [5.74, 6) is 0.867. The van der Waals surface area contributed by atoms with Crippen molar-refractivity contribution in [1.29, 1.82) is 0 Å². The third kappa shape index (κ3) is 1.79. The zero-order chi connectivity index (χ0) is 11.7. The number of nitrogens with zero attached hydrogens (tertiary/aromatic N) is 3. The fraction of sp³-hybridized carbons (Fsp3) is 0.182. The Labute approximate surface area is 92.5 Å². The lowest BCUT2D eigenvalue weighted by atomic mass is 10.3. The van der Waals surface area contributed by atoms with Gasteiger partial charge in [0.25, 0.3) is 5.69 Å². The van der Waals surface area contributed by atoms with Crippen LogP contribution in [0.3, 0.4) is 0 Å². The predicted octanol–water partition coefficient (Wildman–Crippen LogP) is 2.40. The maximum atomic E-state index is 10.5. The normalized spacial score (nSPS) is 10.4. The molecule has 0 unspecified atom stereocenters. The second-order valence-electron chi connectivity index (χ2n) is 3.57. The summed E-state index contributed by atoms with van der Waals surface area (Å²) >= 11 is 0. The van der Waals surface area contributed by atoms with E-state index >= 15 is 0 Å². The Hall–Kier alpha value is -2.17. The first-order valence-electron chi connectivity index (χ1n) is 4.85. The molecule has 0 amide bonds. The minimum atomic E-state index is -0.407. The van der Waals surface area contributed by atoms with Gasteiger partial charge in [0.15, 0.2) is 0 Å². The Balaban J connectivity index is 2.42. The fourth-order valence-corrected chi connectivity index (χ4v) is 1.61. The summed E-state index contributed by atoms with van der Waals surface area (Å²) in [7, 11) is 0. The van der Waals surface area contributed by atoms with Gasteiger partial charge in [-0.1, -0.05) is 0 Å². The van der Waals surface area contributed by atoms with E-state index in [0.29, 0.717) is 0 Å². The van der Waals surface area contributed by atoms with E-state index < -0.39 is 4.92 Å². The quantitative estimate of drug-likeness (QED) is 0.573. The fourth-order valence-electron chi connectivity index (χ4n) is 1.61. The topological polar surface area (TPSA) is 61.0 Å². The Kier molecular flexibility index (Phi) is 2.44. The van der Waals surface area contributed by atoms with Crippen molar-refractivity contribution >= 4 is 5.69 Å². The van der Waals surface area contributed by atoms with Crippen molar-refractivity contribution in [3.63, 3.8) is 0 Å². The Morgan fingerprint density at radius 1 is 1.25 bits per heavy atom. The zero-order valence-corrected chi connectivity index (χ0v) is 9.04. The molecule has 0 radical (unpaired) electrons. The molecule has 0 saturated carbocycles. The van der Waals surface area contributed by atoms with Crippen molar-refractivity contribution < 1.29 is 4.92 Å². The Morgan fingerprint density at radius 2 is 1.88 bits per heavy atom. The number of hydrogen-bond donors (Lipinski definition) is 0. The van der Waals surface area contributed by atoms with Crippen LogP contribution in [0.2, 0.25) is 0 Å². The maximum absolute atomic E-state index is 10.5. The average Bonchev–Trinajstić information content (AvgIpc) is 2.58. The summed E-state index contributed by atoms with van der Waals surface area (Å²) in [5.41, 5.74) is 1.90. The molecule has 1 aromatic carbocycles. The Bertz CT molecular complexity index is 529. The molecule has 0 aliphatic carbocycles. The molecule has 2 rings (SSSR count). The molecule has 0 spiro atoms. The second kappa shape index (κ2) is 3.77. The number of non-ortho nitro benzene ring substituents is 1. The molecule has 0 fully saturated rings. The van der Waals surface area contributed by atoms with Crippen LogP contribution in [0, 0.1) is 24.0 Å². The van der Waals surface area contributed by atoms with Gasteiger partial charge in [-0.25, -0.2) is 4.98 Å². The molecule has 16 heavy (non-hydrogen) atoms. The second-order valence-corrected chi connectivity index (χ2v) is 3.57. The highest BCUT2D eigenvalue weighted by molar-refractivity contribution is 5.41. The van der Waals surface area contributed by atoms with Crippen LogP contribution >= 0.6 is 0 Å². The van der Waals surface area contributed by atoms with E-state index in [9.17, 15) is 10.1 Å². The van der Waals surface area contributed by atoms with Crippen molar-refractivity contribution in [3.8, 4) is 5.69 Å². The van der Waals surface area contributed by atoms with Crippen molar-refractivity contribution in [3.05, 3.63) is 52.1 Å². The van der Waals surface area contributed by atoms with E-state index in [1.54, 1.807) is 12.1 Å². The van der Waals surface area contributed by atoms with E-state index in [-0.39, 0.29) is 5.69 Å². The molecular weight excluding hydrogens is 206 g/mol. The summed E-state index contributed by atoms with van der Waals surface area (Å²) in [6.07, 6.45) is 1.90. The highest BCUT2D eigenvalue weighted by Gasteiger charge is 2.06. The average molecular weight is 217 g/mol. The van der Waals surface area contributed by atoms with E-state index in [0.717, 1.165) is 17.2 Å². The predicted molar refractivity (Wildman–Crippen MR) is 59.7 cm³/mol. The number of aryl methyl sites for hydroxylation is 2. The highest BCUT2D eigenvalue weighted by Crippen LogP contribution is 2.16. The van der Waals surface area contributed by atoms with Crippen molar-refractivity contribution in [1.82, 2.24) is 9.55 Å². The minimum absolute atomic E-state index is 0.0956. The first-order chi connectivity index (χ1) is 7.58. The van der Waals surface area contributed by atoms with E-state index in [2.05, 4.69) is 4.98 Å².